The first-order valence-electron chi connectivity index (χ1n) is 19.9. The highest BCUT2D eigenvalue weighted by Crippen LogP contribution is 2.42. The van der Waals surface area contributed by atoms with Gasteiger partial charge >= 0.3 is 18.0 Å². The van der Waals surface area contributed by atoms with E-state index in [1.165, 1.54) is 31.3 Å². The van der Waals surface area contributed by atoms with Gasteiger partial charge in [-0.1, -0.05) is 13.8 Å². The Hall–Kier alpha value is -5.72. The molecule has 19 heteroatoms. The van der Waals surface area contributed by atoms with Crippen molar-refractivity contribution >= 4 is 57.1 Å². The zero-order valence-electron chi connectivity index (χ0n) is 36.7. The van der Waals surface area contributed by atoms with Crippen molar-refractivity contribution in [1.29, 1.82) is 0 Å². The molecule has 0 spiro atoms. The molecule has 0 aliphatic carbocycles. The Balaban J connectivity index is 1.33. The smallest absolute Gasteiger partial charge is 0.408 e. The molecule has 1 aliphatic rings. The molecule has 1 aliphatic heterocycles. The van der Waals surface area contributed by atoms with Crippen LogP contribution in [0.4, 0.5) is 13.6 Å². The number of halogens is 2. The zero-order chi connectivity index (χ0) is 46.1. The van der Waals surface area contributed by atoms with Crippen molar-refractivity contribution in [3.63, 3.8) is 0 Å². The molecule has 3 amide bonds. The van der Waals surface area contributed by atoms with Crippen LogP contribution in [0, 0.1) is 23.5 Å². The van der Waals surface area contributed by atoms with Gasteiger partial charge in [0.25, 0.3) is 5.91 Å². The summed E-state index contributed by atoms with van der Waals surface area (Å²) in [7, 11) is 2.70. The number of rotatable bonds is 18. The number of carbonyl (C=O) groups excluding carboxylic acids is 6. The lowest BCUT2D eigenvalue weighted by Crippen LogP contribution is -2.41. The van der Waals surface area contributed by atoms with Crippen molar-refractivity contribution in [3.8, 4) is 23.0 Å². The lowest BCUT2D eigenvalue weighted by atomic mass is 9.90. The number of ether oxygens (including phenoxy) is 6. The molecule has 0 bridgehead atoms. The van der Waals surface area contributed by atoms with Crippen LogP contribution in [-0.4, -0.2) is 85.7 Å². The molecule has 3 aromatic rings. The number of fused-ring (bicyclic) bond motifs is 2. The zero-order valence-corrected chi connectivity index (χ0v) is 37.5. The monoisotopic (exact) mass is 891 g/mol. The molecule has 2 heterocycles. The second-order valence-corrected chi connectivity index (χ2v) is 17.9. The minimum absolute atomic E-state index is 0.0161. The van der Waals surface area contributed by atoms with E-state index in [1.807, 2.05) is 5.48 Å². The number of hydrogen-bond donors (Lipinski definition) is 2. The van der Waals surface area contributed by atoms with E-state index in [0.717, 1.165) is 11.3 Å². The number of esters is 1. The van der Waals surface area contributed by atoms with Crippen LogP contribution in [0.3, 0.4) is 0 Å². The molecule has 62 heavy (non-hydrogen) atoms. The van der Waals surface area contributed by atoms with E-state index in [2.05, 4.69) is 5.32 Å². The highest BCUT2D eigenvalue weighted by atomic mass is 32.1. The summed E-state index contributed by atoms with van der Waals surface area (Å²) in [6, 6.07) is 4.49. The first kappa shape index (κ1) is 48.9. The summed E-state index contributed by atoms with van der Waals surface area (Å²) in [5, 5.41) is 2.32. The van der Waals surface area contributed by atoms with Crippen LogP contribution in [0.5, 0.6) is 23.0 Å². The van der Waals surface area contributed by atoms with E-state index in [4.69, 9.17) is 33.3 Å². The normalized spacial score (nSPS) is 13.0. The highest BCUT2D eigenvalue weighted by molar-refractivity contribution is 7.20. The lowest BCUT2D eigenvalue weighted by molar-refractivity contribution is -0.163. The second-order valence-electron chi connectivity index (χ2n) is 16.8. The Morgan fingerprint density at radius 3 is 2.03 bits per heavy atom. The summed E-state index contributed by atoms with van der Waals surface area (Å²) < 4.78 is 64.8. The number of alkyl carbamates (subject to hydrolysis) is 1. The number of methoxy groups -OCH3 is 2. The molecule has 1 aromatic heterocycles. The van der Waals surface area contributed by atoms with E-state index in [1.54, 1.807) is 61.5 Å². The van der Waals surface area contributed by atoms with Gasteiger partial charge in [0, 0.05) is 54.1 Å². The number of nitrogens with zero attached hydrogens (tertiary/aromatic N) is 1. The van der Waals surface area contributed by atoms with Gasteiger partial charge in [-0.25, -0.2) is 18.4 Å². The maximum absolute atomic E-state index is 16.0. The van der Waals surface area contributed by atoms with Crippen molar-refractivity contribution in [1.82, 2.24) is 15.7 Å². The quantitative estimate of drug-likeness (QED) is 0.0438. The van der Waals surface area contributed by atoms with Crippen LogP contribution in [0.2, 0.25) is 0 Å². The standard InChI is InChI=1S/C43H55F2N3O13S/c1-23(2)25(40(53)61-47-33(50)20-46-41(54)60-43(6,7)8)17-28(49)32-18-26-31(62-32)19-30(56-10)39(36(26)44)58-15-11-14-57-38-29(55-9)16-24-21-48(22-27(24)37(38)45)34(51)12-13-35(52)59-42(3,4)5/h16,18-19,23,25H,11-15,17,20-22H2,1-10H3,(H,46,54)(H,47,50)/t25-/m0/s1. The number of amides is 3. The topological polar surface area (TPSA) is 194 Å². The average Bonchev–Trinajstić information content (AvgIpc) is 3.82. The van der Waals surface area contributed by atoms with Crippen LogP contribution >= 0.6 is 11.3 Å². The van der Waals surface area contributed by atoms with Gasteiger partial charge in [0.15, 0.2) is 40.4 Å². The maximum atomic E-state index is 16.0. The number of ketones is 1. The number of carbonyl (C=O) groups is 6. The lowest BCUT2D eigenvalue weighted by Gasteiger charge is -2.20. The minimum Gasteiger partial charge on any atom is -0.493 e. The fourth-order valence-corrected chi connectivity index (χ4v) is 7.23. The van der Waals surface area contributed by atoms with E-state index in [-0.39, 0.29) is 103 Å². The number of nitrogens with one attached hydrogen (secondary N) is 2. The largest absolute Gasteiger partial charge is 0.493 e. The van der Waals surface area contributed by atoms with Gasteiger partial charge < -0.3 is 43.5 Å². The van der Waals surface area contributed by atoms with Gasteiger partial charge in [0.05, 0.1) is 44.6 Å². The molecular formula is C43H55F2N3O13S. The predicted octanol–water partition coefficient (Wildman–Crippen LogP) is 6.95. The summed E-state index contributed by atoms with van der Waals surface area (Å²) in [6.07, 6.45) is -1.16. The molecule has 4 rings (SSSR count). The molecule has 0 unspecified atom stereocenters. The molecule has 0 saturated carbocycles. The number of hydroxylamine groups is 1. The molecule has 0 radical (unpaired) electrons. The molecule has 0 saturated heterocycles. The fraction of sp³-hybridized carbons (Fsp3) is 0.535. The SMILES string of the molecule is COc1cc2c(c(F)c1OCCCOc1c(OC)cc3sc(C(=O)C[C@H](C(=O)ONC(=O)CNC(=O)OC(C)(C)C)C(C)C)cc3c1F)CN(C(=O)CCC(=O)OC(C)(C)C)C2. The van der Waals surface area contributed by atoms with Crippen molar-refractivity contribution in [2.24, 2.45) is 11.8 Å². The Morgan fingerprint density at radius 2 is 1.44 bits per heavy atom. The van der Waals surface area contributed by atoms with Crippen LogP contribution in [0.25, 0.3) is 10.1 Å². The average molecular weight is 892 g/mol. The fourth-order valence-electron chi connectivity index (χ4n) is 6.19. The molecular weight excluding hydrogens is 837 g/mol. The van der Waals surface area contributed by atoms with E-state index >= 15 is 8.78 Å². The van der Waals surface area contributed by atoms with Gasteiger partial charge in [-0.2, -0.15) is 5.48 Å². The Labute approximate surface area is 362 Å². The van der Waals surface area contributed by atoms with Gasteiger partial charge in [0.2, 0.25) is 5.91 Å². The maximum Gasteiger partial charge on any atom is 0.408 e. The Bertz CT molecular complexity index is 2160. The van der Waals surface area contributed by atoms with Crippen molar-refractivity contribution in [2.75, 3.05) is 34.0 Å². The molecule has 16 nitrogen and oxygen atoms in total. The van der Waals surface area contributed by atoms with Crippen LogP contribution in [0.1, 0.15) is 102 Å². The third-order valence-corrected chi connectivity index (χ3v) is 10.3. The van der Waals surface area contributed by atoms with Gasteiger partial charge in [0.1, 0.15) is 17.7 Å². The minimum atomic E-state index is -0.973. The van der Waals surface area contributed by atoms with Gasteiger partial charge in [-0.3, -0.25) is 19.2 Å². The van der Waals surface area contributed by atoms with Crippen LogP contribution < -0.4 is 29.7 Å². The third-order valence-electron chi connectivity index (χ3n) is 9.16. The number of thiophene rings is 1. The number of hydrogen-bond acceptors (Lipinski definition) is 14. The van der Waals surface area contributed by atoms with E-state index in [9.17, 15) is 28.8 Å². The summed E-state index contributed by atoms with van der Waals surface area (Å²) in [4.78, 5) is 81.8. The first-order chi connectivity index (χ1) is 29.0. The summed E-state index contributed by atoms with van der Waals surface area (Å²) in [5.74, 6) is -6.01. The van der Waals surface area contributed by atoms with Crippen LogP contribution in [-0.2, 0) is 46.6 Å². The number of Topliss-reactive ketones (excluding diaryl/α,β-unsaturated/α-hetero) is 1. The van der Waals surface area contributed by atoms with Crippen LogP contribution in [0.15, 0.2) is 18.2 Å². The van der Waals surface area contributed by atoms with Gasteiger partial charge in [-0.15, -0.1) is 11.3 Å². The van der Waals surface area contributed by atoms with E-state index < -0.39 is 65.0 Å². The summed E-state index contributed by atoms with van der Waals surface area (Å²) in [6.45, 7) is 13.0. The second kappa shape index (κ2) is 20.9. The molecule has 0 fully saturated rings. The first-order valence-corrected chi connectivity index (χ1v) is 20.8. The molecule has 2 aromatic carbocycles. The van der Waals surface area contributed by atoms with Crippen molar-refractivity contribution in [2.45, 2.75) is 105 Å². The van der Waals surface area contributed by atoms with Gasteiger partial charge in [-0.05, 0) is 65.2 Å². The predicted molar refractivity (Wildman–Crippen MR) is 222 cm³/mol. The molecule has 340 valence electrons. The highest BCUT2D eigenvalue weighted by Gasteiger charge is 2.32. The number of benzene rings is 2. The van der Waals surface area contributed by atoms with Crippen molar-refractivity contribution < 1.29 is 70.8 Å². The van der Waals surface area contributed by atoms with E-state index in [0.29, 0.717) is 10.3 Å². The Morgan fingerprint density at radius 1 is 0.823 bits per heavy atom. The molecule has 1 atom stereocenters. The molecule has 2 N–H and O–H groups in total. The Kier molecular flexibility index (Phi) is 16.5. The van der Waals surface area contributed by atoms with Crippen molar-refractivity contribution in [3.05, 3.63) is 45.8 Å². The third kappa shape index (κ3) is 13.4. The summed E-state index contributed by atoms with van der Waals surface area (Å²) >= 11 is 0.997. The summed E-state index contributed by atoms with van der Waals surface area (Å²) in [5.41, 5.74) is 1.32.